The summed E-state index contributed by atoms with van der Waals surface area (Å²) in [5.74, 6) is 0. The summed E-state index contributed by atoms with van der Waals surface area (Å²) in [5, 5.41) is 2.26. The molecule has 0 aliphatic heterocycles. The van der Waals surface area contributed by atoms with E-state index in [0.717, 1.165) is 29.5 Å². The minimum absolute atomic E-state index is 0.150. The van der Waals surface area contributed by atoms with Gasteiger partial charge in [-0.05, 0) is 60.5 Å². The van der Waals surface area contributed by atoms with Gasteiger partial charge in [0.15, 0.2) is 0 Å². The fourth-order valence-corrected chi connectivity index (χ4v) is 5.08. The molecular formula is C14H10Br2N2S. The first kappa shape index (κ1) is 13.2. The van der Waals surface area contributed by atoms with E-state index >= 15 is 0 Å². The topological polar surface area (TPSA) is 38.9 Å². The minimum atomic E-state index is -0.150. The molecule has 0 saturated heterocycles. The molecular weight excluding hydrogens is 388 g/mol. The van der Waals surface area contributed by atoms with Crippen LogP contribution in [0, 0.1) is 0 Å². The molecule has 0 aliphatic rings. The van der Waals surface area contributed by atoms with E-state index in [1.807, 2.05) is 18.3 Å². The summed E-state index contributed by atoms with van der Waals surface area (Å²) in [6.45, 7) is 0. The van der Waals surface area contributed by atoms with Crippen LogP contribution in [0.15, 0.2) is 50.3 Å². The molecule has 1 unspecified atom stereocenters. The number of aromatic nitrogens is 1. The maximum Gasteiger partial charge on any atom is 0.0761 e. The van der Waals surface area contributed by atoms with Gasteiger partial charge >= 0.3 is 0 Å². The summed E-state index contributed by atoms with van der Waals surface area (Å²) in [6.07, 6.45) is 3.67. The normalized spacial score (nSPS) is 12.8. The molecule has 0 fully saturated rings. The Bertz CT molecular complexity index is 734. The number of hydrogen-bond acceptors (Lipinski definition) is 3. The van der Waals surface area contributed by atoms with Crippen molar-refractivity contribution in [2.24, 2.45) is 5.73 Å². The van der Waals surface area contributed by atoms with Gasteiger partial charge < -0.3 is 5.73 Å². The van der Waals surface area contributed by atoms with Crippen molar-refractivity contribution < 1.29 is 0 Å². The van der Waals surface area contributed by atoms with E-state index in [1.54, 1.807) is 17.5 Å². The zero-order valence-electron chi connectivity index (χ0n) is 9.81. The molecule has 0 amide bonds. The van der Waals surface area contributed by atoms with Crippen molar-refractivity contribution >= 4 is 54.0 Å². The number of nitrogens with zero attached hydrogens (tertiary/aromatic N) is 1. The summed E-state index contributed by atoms with van der Waals surface area (Å²) in [6, 6.07) is 10.1. The Morgan fingerprint density at radius 3 is 2.74 bits per heavy atom. The summed E-state index contributed by atoms with van der Waals surface area (Å²) in [7, 11) is 0. The highest BCUT2D eigenvalue weighted by molar-refractivity contribution is 9.12. The summed E-state index contributed by atoms with van der Waals surface area (Å²) >= 11 is 8.71. The molecule has 3 rings (SSSR count). The molecule has 96 valence electrons. The fraction of sp³-hybridized carbons (Fsp3) is 0.0714. The van der Waals surface area contributed by atoms with Crippen molar-refractivity contribution in [3.8, 4) is 0 Å². The number of thiophene rings is 1. The first-order chi connectivity index (χ1) is 9.16. The lowest BCUT2D eigenvalue weighted by atomic mass is 9.97. The van der Waals surface area contributed by atoms with Crippen LogP contribution in [-0.2, 0) is 0 Å². The third kappa shape index (κ3) is 2.48. The zero-order valence-corrected chi connectivity index (χ0v) is 13.8. The Hall–Kier alpha value is -0.750. The lowest BCUT2D eigenvalue weighted by Gasteiger charge is -2.14. The van der Waals surface area contributed by atoms with Crippen LogP contribution in [0.1, 0.15) is 17.2 Å². The van der Waals surface area contributed by atoms with Gasteiger partial charge in [-0.2, -0.15) is 0 Å². The number of benzene rings is 1. The van der Waals surface area contributed by atoms with Gasteiger partial charge in [0.2, 0.25) is 0 Å². The van der Waals surface area contributed by atoms with E-state index in [0.29, 0.717) is 0 Å². The average molecular weight is 398 g/mol. The molecule has 0 saturated carbocycles. The van der Waals surface area contributed by atoms with E-state index in [2.05, 4.69) is 55.0 Å². The van der Waals surface area contributed by atoms with Crippen molar-refractivity contribution in [3.05, 3.63) is 61.4 Å². The number of hydrogen-bond donors (Lipinski definition) is 1. The van der Waals surface area contributed by atoms with Gasteiger partial charge in [-0.1, -0.05) is 18.2 Å². The Morgan fingerprint density at radius 1 is 1.16 bits per heavy atom. The first-order valence-electron chi connectivity index (χ1n) is 5.70. The molecule has 2 nitrogen and oxygen atoms in total. The van der Waals surface area contributed by atoms with Gasteiger partial charge in [0.05, 0.1) is 13.6 Å². The molecule has 0 aliphatic carbocycles. The van der Waals surface area contributed by atoms with Crippen LogP contribution in [-0.4, -0.2) is 4.98 Å². The van der Waals surface area contributed by atoms with Crippen molar-refractivity contribution in [3.63, 3.8) is 0 Å². The highest BCUT2D eigenvalue weighted by Gasteiger charge is 2.17. The van der Waals surface area contributed by atoms with Gasteiger partial charge in [0.1, 0.15) is 0 Å². The molecule has 1 aromatic carbocycles. The van der Waals surface area contributed by atoms with Gasteiger partial charge in [-0.3, -0.25) is 4.98 Å². The maximum absolute atomic E-state index is 6.43. The van der Waals surface area contributed by atoms with E-state index in [9.17, 15) is 0 Å². The number of rotatable bonds is 2. The number of halogens is 2. The van der Waals surface area contributed by atoms with E-state index < -0.39 is 0 Å². The molecule has 0 radical (unpaired) electrons. The Kier molecular flexibility index (Phi) is 3.71. The van der Waals surface area contributed by atoms with E-state index in [-0.39, 0.29) is 6.04 Å². The van der Waals surface area contributed by atoms with Gasteiger partial charge in [0.25, 0.3) is 0 Å². The minimum Gasteiger partial charge on any atom is -0.320 e. The van der Waals surface area contributed by atoms with Crippen LogP contribution in [0.25, 0.3) is 10.8 Å². The highest BCUT2D eigenvalue weighted by Crippen LogP contribution is 2.38. The van der Waals surface area contributed by atoms with Crippen LogP contribution in [0.3, 0.4) is 0 Å². The maximum atomic E-state index is 6.43. The summed E-state index contributed by atoms with van der Waals surface area (Å²) in [5.41, 5.74) is 8.65. The number of nitrogens with two attached hydrogens (primary N) is 1. The van der Waals surface area contributed by atoms with Gasteiger partial charge in [-0.25, -0.2) is 0 Å². The SMILES string of the molecule is NC(c1cc(Br)sc1Br)c1cccc2cnccc12. The quantitative estimate of drug-likeness (QED) is 0.669. The van der Waals surface area contributed by atoms with Crippen LogP contribution >= 0.6 is 43.2 Å². The van der Waals surface area contributed by atoms with Gasteiger partial charge in [-0.15, -0.1) is 11.3 Å². The third-order valence-electron chi connectivity index (χ3n) is 3.07. The second-order valence-corrected chi connectivity index (χ2v) is 7.95. The monoisotopic (exact) mass is 396 g/mol. The molecule has 2 N–H and O–H groups in total. The van der Waals surface area contributed by atoms with Crippen molar-refractivity contribution in [1.29, 1.82) is 0 Å². The predicted octanol–water partition coefficient (Wildman–Crippen LogP) is 4.87. The van der Waals surface area contributed by atoms with E-state index in [1.165, 1.54) is 0 Å². The second kappa shape index (κ2) is 5.32. The Labute approximate surface area is 131 Å². The van der Waals surface area contributed by atoms with Gasteiger partial charge in [0, 0.05) is 17.8 Å². The fourth-order valence-electron chi connectivity index (χ4n) is 2.15. The van der Waals surface area contributed by atoms with Crippen molar-refractivity contribution in [1.82, 2.24) is 4.98 Å². The molecule has 2 aromatic heterocycles. The van der Waals surface area contributed by atoms with Crippen molar-refractivity contribution in [2.75, 3.05) is 0 Å². The van der Waals surface area contributed by atoms with Crippen LogP contribution < -0.4 is 5.73 Å². The standard InChI is InChI=1S/C14H10Br2N2S/c15-12-6-11(14(16)19-12)13(17)10-3-1-2-8-7-18-5-4-9(8)10/h1-7,13H,17H2. The third-order valence-corrected chi connectivity index (χ3v) is 5.45. The Morgan fingerprint density at radius 2 is 2.00 bits per heavy atom. The Balaban J connectivity index is 2.16. The molecule has 19 heavy (non-hydrogen) atoms. The largest absolute Gasteiger partial charge is 0.320 e. The average Bonchev–Trinajstić information content (AvgIpc) is 2.76. The van der Waals surface area contributed by atoms with Crippen LogP contribution in [0.4, 0.5) is 0 Å². The summed E-state index contributed by atoms with van der Waals surface area (Å²) in [4.78, 5) is 4.15. The number of fused-ring (bicyclic) bond motifs is 1. The summed E-state index contributed by atoms with van der Waals surface area (Å²) < 4.78 is 2.14. The zero-order chi connectivity index (χ0) is 13.4. The molecule has 0 spiro atoms. The van der Waals surface area contributed by atoms with Crippen LogP contribution in [0.2, 0.25) is 0 Å². The molecule has 5 heteroatoms. The number of pyridine rings is 1. The van der Waals surface area contributed by atoms with Crippen LogP contribution in [0.5, 0.6) is 0 Å². The second-order valence-electron chi connectivity index (χ2n) is 4.20. The lowest BCUT2D eigenvalue weighted by molar-refractivity contribution is 0.881. The highest BCUT2D eigenvalue weighted by atomic mass is 79.9. The van der Waals surface area contributed by atoms with E-state index in [4.69, 9.17) is 5.73 Å². The smallest absolute Gasteiger partial charge is 0.0761 e. The first-order valence-corrected chi connectivity index (χ1v) is 8.10. The lowest BCUT2D eigenvalue weighted by Crippen LogP contribution is -2.11. The molecule has 0 bridgehead atoms. The molecule has 1 atom stereocenters. The van der Waals surface area contributed by atoms with Crippen molar-refractivity contribution in [2.45, 2.75) is 6.04 Å². The molecule has 3 aromatic rings. The predicted molar refractivity (Wildman–Crippen MR) is 87.5 cm³/mol. The molecule has 2 heterocycles.